The van der Waals surface area contributed by atoms with E-state index in [1.54, 1.807) is 0 Å². The highest BCUT2D eigenvalue weighted by molar-refractivity contribution is 5.79. The number of unbranched alkanes of at least 4 members (excludes halogenated alkanes) is 1. The zero-order valence-electron chi connectivity index (χ0n) is 5.92. The Balaban J connectivity index is 3.21. The summed E-state index contributed by atoms with van der Waals surface area (Å²) in [6, 6.07) is -0.549. The second-order valence-electron chi connectivity index (χ2n) is 2.23. The van der Waals surface area contributed by atoms with Crippen LogP contribution in [0.3, 0.4) is 0 Å². The fourth-order valence-corrected chi connectivity index (χ4v) is 0.618. The summed E-state index contributed by atoms with van der Waals surface area (Å²) in [6.07, 6.45) is 2.00. The maximum absolute atomic E-state index is 10.3. The van der Waals surface area contributed by atoms with Crippen LogP contribution in [0.25, 0.3) is 0 Å². The third-order valence-electron chi connectivity index (χ3n) is 1.29. The zero-order chi connectivity index (χ0) is 7.98. The lowest BCUT2D eigenvalue weighted by atomic mass is 10.1. The Labute approximate surface area is 60.2 Å². The van der Waals surface area contributed by atoms with E-state index < -0.39 is 11.9 Å². The van der Waals surface area contributed by atoms with Crippen LogP contribution in [0.5, 0.6) is 0 Å². The molecule has 1 atom stereocenters. The third kappa shape index (κ3) is 4.29. The lowest BCUT2D eigenvalue weighted by Gasteiger charge is -2.04. The van der Waals surface area contributed by atoms with E-state index in [1.165, 1.54) is 0 Å². The van der Waals surface area contributed by atoms with Crippen LogP contribution in [0.1, 0.15) is 19.3 Å². The topological polar surface area (TPSA) is 89.3 Å². The molecule has 0 rings (SSSR count). The van der Waals surface area contributed by atoms with Crippen LogP contribution in [0.2, 0.25) is 0 Å². The Kier molecular flexibility index (Phi) is 4.88. The minimum Gasteiger partial charge on any atom is -0.396 e. The van der Waals surface area contributed by atoms with Gasteiger partial charge in [0, 0.05) is 6.61 Å². The highest BCUT2D eigenvalue weighted by atomic mass is 16.2. The monoisotopic (exact) mass is 146 g/mol. The molecule has 0 saturated heterocycles. The van der Waals surface area contributed by atoms with E-state index in [0.717, 1.165) is 6.42 Å². The van der Waals surface area contributed by atoms with Crippen molar-refractivity contribution in [2.45, 2.75) is 25.3 Å². The second-order valence-corrected chi connectivity index (χ2v) is 2.23. The number of carbonyl (C=O) groups is 1. The smallest absolute Gasteiger partial charge is 0.234 e. The van der Waals surface area contributed by atoms with Crippen molar-refractivity contribution in [1.82, 2.24) is 0 Å². The first-order chi connectivity index (χ1) is 4.68. The number of hydrogen-bond acceptors (Lipinski definition) is 3. The van der Waals surface area contributed by atoms with Gasteiger partial charge in [-0.2, -0.15) is 0 Å². The van der Waals surface area contributed by atoms with Crippen molar-refractivity contribution in [3.05, 3.63) is 0 Å². The molecule has 0 radical (unpaired) electrons. The summed E-state index contributed by atoms with van der Waals surface area (Å²) in [5.41, 5.74) is 10.2. The third-order valence-corrected chi connectivity index (χ3v) is 1.29. The first-order valence-electron chi connectivity index (χ1n) is 3.34. The number of aliphatic hydroxyl groups is 1. The van der Waals surface area contributed by atoms with Crippen molar-refractivity contribution in [3.63, 3.8) is 0 Å². The molecule has 0 aliphatic rings. The summed E-state index contributed by atoms with van der Waals surface area (Å²) >= 11 is 0. The molecule has 0 saturated carbocycles. The van der Waals surface area contributed by atoms with E-state index in [2.05, 4.69) is 0 Å². The van der Waals surface area contributed by atoms with Crippen molar-refractivity contribution >= 4 is 5.91 Å². The average Bonchev–Trinajstić information content (AvgIpc) is 1.88. The van der Waals surface area contributed by atoms with E-state index in [1.807, 2.05) is 0 Å². The van der Waals surface area contributed by atoms with Crippen LogP contribution in [-0.2, 0) is 4.79 Å². The minimum atomic E-state index is -0.549. The summed E-state index contributed by atoms with van der Waals surface area (Å²) in [6.45, 7) is 0.144. The Morgan fingerprint density at radius 2 is 2.10 bits per heavy atom. The summed E-state index contributed by atoms with van der Waals surface area (Å²) in [4.78, 5) is 10.3. The van der Waals surface area contributed by atoms with Crippen LogP contribution in [0.4, 0.5) is 0 Å². The first kappa shape index (κ1) is 9.39. The molecule has 10 heavy (non-hydrogen) atoms. The quantitative estimate of drug-likeness (QED) is 0.433. The molecular weight excluding hydrogens is 132 g/mol. The van der Waals surface area contributed by atoms with E-state index >= 15 is 0 Å². The Bertz CT molecular complexity index is 106. The molecule has 0 bridgehead atoms. The average molecular weight is 146 g/mol. The predicted molar refractivity (Wildman–Crippen MR) is 38.1 cm³/mol. The van der Waals surface area contributed by atoms with Gasteiger partial charge < -0.3 is 16.6 Å². The van der Waals surface area contributed by atoms with Gasteiger partial charge >= 0.3 is 0 Å². The van der Waals surface area contributed by atoms with Crippen molar-refractivity contribution in [2.24, 2.45) is 11.5 Å². The predicted octanol–water partition coefficient (Wildman–Crippen LogP) is -1.04. The van der Waals surface area contributed by atoms with Gasteiger partial charge in [0.2, 0.25) is 5.91 Å². The van der Waals surface area contributed by atoms with Crippen LogP contribution >= 0.6 is 0 Å². The summed E-state index contributed by atoms with van der Waals surface area (Å²) in [5.74, 6) is -0.474. The van der Waals surface area contributed by atoms with Gasteiger partial charge in [0.15, 0.2) is 0 Å². The van der Waals surface area contributed by atoms with Gasteiger partial charge in [-0.05, 0) is 19.3 Å². The molecule has 0 spiro atoms. The highest BCUT2D eigenvalue weighted by Crippen LogP contribution is 1.96. The van der Waals surface area contributed by atoms with E-state index in [-0.39, 0.29) is 6.61 Å². The van der Waals surface area contributed by atoms with E-state index in [0.29, 0.717) is 12.8 Å². The van der Waals surface area contributed by atoms with Gasteiger partial charge in [0.1, 0.15) is 0 Å². The van der Waals surface area contributed by atoms with Crippen molar-refractivity contribution in [3.8, 4) is 0 Å². The van der Waals surface area contributed by atoms with Crippen molar-refractivity contribution in [2.75, 3.05) is 6.61 Å². The van der Waals surface area contributed by atoms with Crippen LogP contribution < -0.4 is 11.5 Å². The second kappa shape index (κ2) is 5.20. The molecule has 1 amide bonds. The van der Waals surface area contributed by atoms with Crippen LogP contribution in [0.15, 0.2) is 0 Å². The van der Waals surface area contributed by atoms with Gasteiger partial charge in [-0.1, -0.05) is 0 Å². The molecule has 0 heterocycles. The largest absolute Gasteiger partial charge is 0.396 e. The first-order valence-corrected chi connectivity index (χ1v) is 3.34. The summed E-state index contributed by atoms with van der Waals surface area (Å²) in [7, 11) is 0. The molecular formula is C6H14N2O2. The molecule has 0 aromatic heterocycles. The minimum absolute atomic E-state index is 0.144. The number of rotatable bonds is 5. The Morgan fingerprint density at radius 3 is 2.50 bits per heavy atom. The molecule has 5 N–H and O–H groups in total. The van der Waals surface area contributed by atoms with Crippen LogP contribution in [-0.4, -0.2) is 23.7 Å². The fraction of sp³-hybridized carbons (Fsp3) is 0.833. The molecule has 0 aromatic carbocycles. The summed E-state index contributed by atoms with van der Waals surface area (Å²) < 4.78 is 0. The van der Waals surface area contributed by atoms with Crippen LogP contribution in [0, 0.1) is 0 Å². The number of amides is 1. The molecule has 60 valence electrons. The number of primary amides is 1. The SMILES string of the molecule is NC(=O)C(N)CCCCO. The molecule has 0 aromatic rings. The maximum Gasteiger partial charge on any atom is 0.234 e. The lowest BCUT2D eigenvalue weighted by molar-refractivity contribution is -0.119. The fourth-order valence-electron chi connectivity index (χ4n) is 0.618. The highest BCUT2D eigenvalue weighted by Gasteiger charge is 2.06. The van der Waals surface area contributed by atoms with Gasteiger partial charge in [0.05, 0.1) is 6.04 Å². The van der Waals surface area contributed by atoms with Gasteiger partial charge in [-0.25, -0.2) is 0 Å². The zero-order valence-corrected chi connectivity index (χ0v) is 5.92. The van der Waals surface area contributed by atoms with Gasteiger partial charge in [0.25, 0.3) is 0 Å². The molecule has 0 fully saturated rings. The molecule has 1 unspecified atom stereocenters. The number of aliphatic hydroxyl groups excluding tert-OH is 1. The molecule has 0 aliphatic carbocycles. The molecule has 4 heteroatoms. The van der Waals surface area contributed by atoms with E-state index in [9.17, 15) is 4.79 Å². The molecule has 0 aliphatic heterocycles. The molecule has 4 nitrogen and oxygen atoms in total. The maximum atomic E-state index is 10.3. The Hall–Kier alpha value is -0.610. The van der Waals surface area contributed by atoms with Crippen molar-refractivity contribution < 1.29 is 9.90 Å². The van der Waals surface area contributed by atoms with Gasteiger partial charge in [-0.3, -0.25) is 4.79 Å². The lowest BCUT2D eigenvalue weighted by Crippen LogP contribution is -2.36. The normalized spacial score (nSPS) is 13.0. The number of nitrogens with two attached hydrogens (primary N) is 2. The van der Waals surface area contributed by atoms with E-state index in [4.69, 9.17) is 16.6 Å². The summed E-state index contributed by atoms with van der Waals surface area (Å²) in [5, 5.41) is 8.36. The van der Waals surface area contributed by atoms with Gasteiger partial charge in [-0.15, -0.1) is 0 Å². The number of carbonyl (C=O) groups excluding carboxylic acids is 1. The standard InChI is InChI=1S/C6H14N2O2/c7-5(6(8)10)3-1-2-4-9/h5,9H,1-4,7H2,(H2,8,10). The Morgan fingerprint density at radius 1 is 1.50 bits per heavy atom. The van der Waals surface area contributed by atoms with Crippen molar-refractivity contribution in [1.29, 1.82) is 0 Å². The number of hydrogen-bond donors (Lipinski definition) is 3.